The van der Waals surface area contributed by atoms with Crippen molar-refractivity contribution in [1.29, 1.82) is 0 Å². The summed E-state index contributed by atoms with van der Waals surface area (Å²) in [5.74, 6) is 2.43. The third kappa shape index (κ3) is 5.04. The van der Waals surface area contributed by atoms with Gasteiger partial charge < -0.3 is 10.1 Å². The number of rotatable bonds is 8. The Labute approximate surface area is 177 Å². The molecule has 0 aliphatic heterocycles. The molecular formula is C27H37NO. The fourth-order valence-electron chi connectivity index (χ4n) is 5.28. The van der Waals surface area contributed by atoms with Crippen molar-refractivity contribution in [3.05, 3.63) is 65.3 Å². The Kier molecular flexibility index (Phi) is 6.92. The maximum absolute atomic E-state index is 5.82. The van der Waals surface area contributed by atoms with Gasteiger partial charge in [-0.2, -0.15) is 0 Å². The van der Waals surface area contributed by atoms with E-state index >= 15 is 0 Å². The number of allylic oxidation sites excluding steroid dienone is 4. The zero-order chi connectivity index (χ0) is 20.1. The van der Waals surface area contributed by atoms with Crippen molar-refractivity contribution in [2.75, 3.05) is 6.61 Å². The van der Waals surface area contributed by atoms with Crippen LogP contribution in [0.2, 0.25) is 0 Å². The van der Waals surface area contributed by atoms with Crippen molar-refractivity contribution >= 4 is 0 Å². The van der Waals surface area contributed by atoms with Gasteiger partial charge in [-0.05, 0) is 92.5 Å². The van der Waals surface area contributed by atoms with E-state index in [0.29, 0.717) is 18.0 Å². The van der Waals surface area contributed by atoms with Crippen LogP contribution >= 0.6 is 0 Å². The van der Waals surface area contributed by atoms with E-state index in [2.05, 4.69) is 67.7 Å². The summed E-state index contributed by atoms with van der Waals surface area (Å²) in [5.41, 5.74) is 4.58. The van der Waals surface area contributed by atoms with Gasteiger partial charge in [-0.15, -0.1) is 0 Å². The van der Waals surface area contributed by atoms with Crippen LogP contribution in [0.25, 0.3) is 0 Å². The Balaban J connectivity index is 1.33. The van der Waals surface area contributed by atoms with Crippen molar-refractivity contribution in [3.8, 4) is 5.75 Å². The van der Waals surface area contributed by atoms with Crippen molar-refractivity contribution in [2.24, 2.45) is 5.92 Å². The van der Waals surface area contributed by atoms with Crippen LogP contribution in [0.5, 0.6) is 5.75 Å². The van der Waals surface area contributed by atoms with E-state index in [4.69, 9.17) is 4.74 Å². The van der Waals surface area contributed by atoms with Gasteiger partial charge in [-0.1, -0.05) is 49.8 Å². The van der Waals surface area contributed by atoms with E-state index in [1.807, 2.05) is 0 Å². The summed E-state index contributed by atoms with van der Waals surface area (Å²) in [5, 5.41) is 3.96. The minimum Gasteiger partial charge on any atom is -0.494 e. The van der Waals surface area contributed by atoms with Gasteiger partial charge in [-0.3, -0.25) is 0 Å². The summed E-state index contributed by atoms with van der Waals surface area (Å²) in [7, 11) is 0. The van der Waals surface area contributed by atoms with E-state index in [0.717, 1.165) is 24.7 Å². The lowest BCUT2D eigenvalue weighted by Gasteiger charge is -2.30. The van der Waals surface area contributed by atoms with Gasteiger partial charge in [0, 0.05) is 12.1 Å². The minimum absolute atomic E-state index is 0.435. The number of fused-ring (bicyclic) bond motifs is 1. The highest BCUT2D eigenvalue weighted by Crippen LogP contribution is 2.37. The molecule has 1 unspecified atom stereocenters. The standard InChI is InChI=1S/C27H37NO/c1-3-4-18-29-25-16-13-21(14-17-25)23-12-15-24(19-23)28-20(2)26-11-7-9-22-8-5-6-10-27(22)26/h6-7,10-11,13-14,16-17,20,22-24,28H,3-5,8-9,12,15,18-19H2,1-2H3/t20-,22?,23-,24+/m1/s1. The summed E-state index contributed by atoms with van der Waals surface area (Å²) in [6.45, 7) is 5.38. The van der Waals surface area contributed by atoms with E-state index < -0.39 is 0 Å². The topological polar surface area (TPSA) is 21.3 Å². The van der Waals surface area contributed by atoms with Gasteiger partial charge in [0.2, 0.25) is 0 Å². The highest BCUT2D eigenvalue weighted by Gasteiger charge is 2.29. The second-order valence-corrected chi connectivity index (χ2v) is 9.09. The molecule has 0 saturated heterocycles. The summed E-state index contributed by atoms with van der Waals surface area (Å²) in [6.07, 6.45) is 19.4. The average molecular weight is 392 g/mol. The molecule has 1 N–H and O–H groups in total. The summed E-state index contributed by atoms with van der Waals surface area (Å²) >= 11 is 0. The van der Waals surface area contributed by atoms with Crippen molar-refractivity contribution in [2.45, 2.75) is 83.2 Å². The van der Waals surface area contributed by atoms with E-state index in [9.17, 15) is 0 Å². The molecule has 0 heterocycles. The molecule has 1 aromatic rings. The molecule has 3 aliphatic carbocycles. The van der Waals surface area contributed by atoms with E-state index in [1.54, 1.807) is 5.57 Å². The molecule has 1 fully saturated rings. The molecule has 0 bridgehead atoms. The van der Waals surface area contributed by atoms with Gasteiger partial charge in [0.25, 0.3) is 0 Å². The van der Waals surface area contributed by atoms with E-state index in [1.165, 1.54) is 56.1 Å². The Bertz CT molecular complexity index is 757. The second kappa shape index (κ2) is 9.80. The largest absolute Gasteiger partial charge is 0.494 e. The third-order valence-electron chi connectivity index (χ3n) is 6.97. The smallest absolute Gasteiger partial charge is 0.119 e. The molecule has 0 spiro atoms. The molecule has 2 nitrogen and oxygen atoms in total. The average Bonchev–Trinajstić information content (AvgIpc) is 3.22. The van der Waals surface area contributed by atoms with Crippen LogP contribution in [0.4, 0.5) is 0 Å². The predicted octanol–water partition coefficient (Wildman–Crippen LogP) is 6.70. The zero-order valence-corrected chi connectivity index (χ0v) is 18.2. The highest BCUT2D eigenvalue weighted by molar-refractivity contribution is 5.42. The molecule has 0 amide bonds. The molecule has 4 rings (SSSR count). The van der Waals surface area contributed by atoms with Crippen molar-refractivity contribution in [3.63, 3.8) is 0 Å². The van der Waals surface area contributed by atoms with Crippen molar-refractivity contribution in [1.82, 2.24) is 5.32 Å². The molecule has 29 heavy (non-hydrogen) atoms. The Morgan fingerprint density at radius 2 is 1.90 bits per heavy atom. The molecule has 3 aliphatic rings. The summed E-state index contributed by atoms with van der Waals surface area (Å²) in [4.78, 5) is 0. The predicted molar refractivity (Wildman–Crippen MR) is 122 cm³/mol. The SMILES string of the molecule is CCCCOc1ccc([C@@H]2CC[C@H](N[C@H](C)C3=C4C=CCCC4CC=C3)C2)cc1. The molecule has 0 radical (unpaired) electrons. The molecule has 4 atom stereocenters. The first-order chi connectivity index (χ1) is 14.2. The number of hydrogen-bond acceptors (Lipinski definition) is 2. The first kappa shape index (κ1) is 20.5. The maximum atomic E-state index is 5.82. The van der Waals surface area contributed by atoms with Crippen LogP contribution in [0, 0.1) is 5.92 Å². The van der Waals surface area contributed by atoms with Crippen molar-refractivity contribution < 1.29 is 4.74 Å². The molecule has 0 aromatic heterocycles. The van der Waals surface area contributed by atoms with Crippen LogP contribution in [0.1, 0.15) is 76.7 Å². The fourth-order valence-corrected chi connectivity index (χ4v) is 5.28. The molecule has 156 valence electrons. The van der Waals surface area contributed by atoms with Crippen LogP contribution in [-0.4, -0.2) is 18.7 Å². The molecular weight excluding hydrogens is 354 g/mol. The normalized spacial score (nSPS) is 27.2. The first-order valence-corrected chi connectivity index (χ1v) is 11.8. The van der Waals surface area contributed by atoms with Gasteiger partial charge in [0.15, 0.2) is 0 Å². The fraction of sp³-hybridized carbons (Fsp3) is 0.556. The van der Waals surface area contributed by atoms with E-state index in [-0.39, 0.29) is 0 Å². The van der Waals surface area contributed by atoms with Crippen LogP contribution in [-0.2, 0) is 0 Å². The van der Waals surface area contributed by atoms with Gasteiger partial charge in [0.05, 0.1) is 6.61 Å². The maximum Gasteiger partial charge on any atom is 0.119 e. The third-order valence-corrected chi connectivity index (χ3v) is 6.97. The lowest BCUT2D eigenvalue weighted by Crippen LogP contribution is -2.37. The molecule has 1 aromatic carbocycles. The lowest BCUT2D eigenvalue weighted by molar-refractivity contribution is 0.309. The monoisotopic (exact) mass is 391 g/mol. The Hall–Kier alpha value is -1.80. The molecule has 2 heteroatoms. The van der Waals surface area contributed by atoms with Crippen LogP contribution in [0.3, 0.4) is 0 Å². The number of nitrogens with one attached hydrogen (secondary N) is 1. The van der Waals surface area contributed by atoms with Gasteiger partial charge >= 0.3 is 0 Å². The zero-order valence-electron chi connectivity index (χ0n) is 18.2. The van der Waals surface area contributed by atoms with Crippen LogP contribution in [0.15, 0.2) is 59.7 Å². The Morgan fingerprint density at radius 1 is 1.03 bits per heavy atom. The number of ether oxygens (including phenoxy) is 1. The Morgan fingerprint density at radius 3 is 2.72 bits per heavy atom. The minimum atomic E-state index is 0.435. The molecule has 1 saturated carbocycles. The number of unbranched alkanes of at least 4 members (excludes halogenated alkanes) is 1. The van der Waals surface area contributed by atoms with Gasteiger partial charge in [0.1, 0.15) is 5.75 Å². The number of hydrogen-bond donors (Lipinski definition) is 1. The lowest BCUT2D eigenvalue weighted by atomic mass is 9.79. The first-order valence-electron chi connectivity index (χ1n) is 11.8. The number of benzene rings is 1. The summed E-state index contributed by atoms with van der Waals surface area (Å²) in [6, 6.07) is 9.93. The highest BCUT2D eigenvalue weighted by atomic mass is 16.5. The quantitative estimate of drug-likeness (QED) is 0.498. The second-order valence-electron chi connectivity index (χ2n) is 9.09. The van der Waals surface area contributed by atoms with Crippen LogP contribution < -0.4 is 10.1 Å². The van der Waals surface area contributed by atoms with Gasteiger partial charge in [-0.25, -0.2) is 0 Å². The summed E-state index contributed by atoms with van der Waals surface area (Å²) < 4.78 is 5.82.